The van der Waals surface area contributed by atoms with E-state index in [1.807, 2.05) is 36.1 Å². The highest BCUT2D eigenvalue weighted by Gasteiger charge is 2.25. The summed E-state index contributed by atoms with van der Waals surface area (Å²) in [6, 6.07) is 7.78. The van der Waals surface area contributed by atoms with E-state index in [1.165, 1.54) is 0 Å². The van der Waals surface area contributed by atoms with Gasteiger partial charge in [0.25, 0.3) is 5.91 Å². The highest BCUT2D eigenvalue weighted by Crippen LogP contribution is 2.19. The lowest BCUT2D eigenvalue weighted by molar-refractivity contribution is -0.139. The van der Waals surface area contributed by atoms with Gasteiger partial charge in [-0.05, 0) is 72.5 Å². The smallest absolute Gasteiger partial charge is 0.263 e. The Hall–Kier alpha value is -0.780. The van der Waals surface area contributed by atoms with E-state index in [0.717, 1.165) is 41.2 Å². The van der Waals surface area contributed by atoms with E-state index in [4.69, 9.17) is 4.74 Å². The summed E-state index contributed by atoms with van der Waals surface area (Å²) in [6.45, 7) is 5.80. The van der Waals surface area contributed by atoms with Gasteiger partial charge < -0.3 is 9.64 Å². The van der Waals surface area contributed by atoms with E-state index in [0.29, 0.717) is 0 Å². The van der Waals surface area contributed by atoms with Gasteiger partial charge in [0, 0.05) is 16.7 Å². The van der Waals surface area contributed by atoms with Crippen LogP contribution in [0.4, 0.5) is 0 Å². The molecule has 0 spiro atoms. The van der Waals surface area contributed by atoms with Crippen molar-refractivity contribution in [3.63, 3.8) is 0 Å². The van der Waals surface area contributed by atoms with Gasteiger partial charge >= 0.3 is 0 Å². The second kappa shape index (κ2) is 6.59. The number of halogens is 1. The van der Waals surface area contributed by atoms with Crippen molar-refractivity contribution >= 4 is 28.5 Å². The normalized spacial score (nSPS) is 18.2. The summed E-state index contributed by atoms with van der Waals surface area (Å²) < 4.78 is 6.88. The standard InChI is InChI=1S/C15H20INO2/c1-11-7-9-17(10-8-11)15(18)12(2)19-14-5-3-13(16)4-6-14/h3-6,11-12H,7-10H2,1-2H3. The zero-order valence-corrected chi connectivity index (χ0v) is 13.6. The lowest BCUT2D eigenvalue weighted by Gasteiger charge is -2.32. The fourth-order valence-electron chi connectivity index (χ4n) is 2.25. The molecule has 0 N–H and O–H groups in total. The maximum absolute atomic E-state index is 12.3. The Kier molecular flexibility index (Phi) is 5.07. The SMILES string of the molecule is CC1CCN(C(=O)C(C)Oc2ccc(I)cc2)CC1. The van der Waals surface area contributed by atoms with Crippen LogP contribution in [0.5, 0.6) is 5.75 Å². The summed E-state index contributed by atoms with van der Waals surface area (Å²) in [7, 11) is 0. The van der Waals surface area contributed by atoms with Crippen molar-refractivity contribution < 1.29 is 9.53 Å². The minimum atomic E-state index is -0.409. The van der Waals surface area contributed by atoms with Crippen molar-refractivity contribution in [3.05, 3.63) is 27.8 Å². The van der Waals surface area contributed by atoms with Crippen LogP contribution in [0.25, 0.3) is 0 Å². The number of likely N-dealkylation sites (tertiary alicyclic amines) is 1. The highest BCUT2D eigenvalue weighted by atomic mass is 127. The summed E-state index contributed by atoms with van der Waals surface area (Å²) in [5.74, 6) is 1.59. The van der Waals surface area contributed by atoms with Crippen LogP contribution in [0.1, 0.15) is 26.7 Å². The molecular weight excluding hydrogens is 353 g/mol. The first kappa shape index (κ1) is 14.6. The molecule has 2 rings (SSSR count). The third-order valence-electron chi connectivity index (χ3n) is 3.57. The highest BCUT2D eigenvalue weighted by molar-refractivity contribution is 14.1. The number of rotatable bonds is 3. The Morgan fingerprint density at radius 1 is 1.32 bits per heavy atom. The molecular formula is C15H20INO2. The van der Waals surface area contributed by atoms with E-state index < -0.39 is 6.10 Å². The van der Waals surface area contributed by atoms with Crippen LogP contribution in [0, 0.1) is 9.49 Å². The van der Waals surface area contributed by atoms with Gasteiger partial charge in [0.15, 0.2) is 6.10 Å². The predicted molar refractivity (Wildman–Crippen MR) is 84.2 cm³/mol. The van der Waals surface area contributed by atoms with Gasteiger partial charge in [0.05, 0.1) is 0 Å². The number of amides is 1. The third-order valence-corrected chi connectivity index (χ3v) is 4.29. The van der Waals surface area contributed by atoms with E-state index >= 15 is 0 Å². The van der Waals surface area contributed by atoms with E-state index in [-0.39, 0.29) is 5.91 Å². The molecule has 1 saturated heterocycles. The van der Waals surface area contributed by atoms with Crippen LogP contribution < -0.4 is 4.74 Å². The molecule has 1 amide bonds. The van der Waals surface area contributed by atoms with Crippen molar-refractivity contribution in [2.45, 2.75) is 32.8 Å². The largest absolute Gasteiger partial charge is 0.481 e. The van der Waals surface area contributed by atoms with Crippen LogP contribution in [0.3, 0.4) is 0 Å². The number of benzene rings is 1. The van der Waals surface area contributed by atoms with Crippen LogP contribution in [-0.2, 0) is 4.79 Å². The van der Waals surface area contributed by atoms with Crippen molar-refractivity contribution in [1.82, 2.24) is 4.90 Å². The maximum atomic E-state index is 12.3. The fourth-order valence-corrected chi connectivity index (χ4v) is 2.61. The monoisotopic (exact) mass is 373 g/mol. The zero-order valence-electron chi connectivity index (χ0n) is 11.4. The number of carbonyl (C=O) groups is 1. The van der Waals surface area contributed by atoms with Crippen molar-refractivity contribution in [1.29, 1.82) is 0 Å². The molecule has 1 aliphatic rings. The molecule has 1 fully saturated rings. The Labute approximate surface area is 128 Å². The van der Waals surface area contributed by atoms with E-state index in [9.17, 15) is 4.79 Å². The first-order valence-corrected chi connectivity index (χ1v) is 7.85. The maximum Gasteiger partial charge on any atom is 0.263 e. The first-order chi connectivity index (χ1) is 9.06. The zero-order chi connectivity index (χ0) is 13.8. The molecule has 1 atom stereocenters. The molecule has 3 nitrogen and oxygen atoms in total. The van der Waals surface area contributed by atoms with Crippen molar-refractivity contribution in [3.8, 4) is 5.75 Å². The number of piperidine rings is 1. The second-order valence-corrected chi connectivity index (χ2v) is 6.47. The van der Waals surface area contributed by atoms with Gasteiger partial charge in [-0.15, -0.1) is 0 Å². The molecule has 1 aliphatic heterocycles. The van der Waals surface area contributed by atoms with Crippen molar-refractivity contribution in [2.24, 2.45) is 5.92 Å². The molecule has 1 heterocycles. The molecule has 0 bridgehead atoms. The average molecular weight is 373 g/mol. The summed E-state index contributed by atoms with van der Waals surface area (Å²) in [6.07, 6.45) is 1.79. The lowest BCUT2D eigenvalue weighted by atomic mass is 9.99. The van der Waals surface area contributed by atoms with Crippen molar-refractivity contribution in [2.75, 3.05) is 13.1 Å². The van der Waals surface area contributed by atoms with Gasteiger partial charge in [-0.2, -0.15) is 0 Å². The average Bonchev–Trinajstić information content (AvgIpc) is 2.41. The molecule has 4 heteroatoms. The van der Waals surface area contributed by atoms with E-state index in [2.05, 4.69) is 29.5 Å². The topological polar surface area (TPSA) is 29.5 Å². The number of nitrogens with zero attached hydrogens (tertiary/aromatic N) is 1. The Morgan fingerprint density at radius 3 is 2.47 bits per heavy atom. The molecule has 1 aromatic carbocycles. The number of ether oxygens (including phenoxy) is 1. The van der Waals surface area contributed by atoms with Crippen LogP contribution >= 0.6 is 22.6 Å². The Morgan fingerprint density at radius 2 is 1.89 bits per heavy atom. The summed E-state index contributed by atoms with van der Waals surface area (Å²) in [5.41, 5.74) is 0. The minimum Gasteiger partial charge on any atom is -0.481 e. The molecule has 1 aromatic rings. The van der Waals surface area contributed by atoms with Gasteiger partial charge in [0.1, 0.15) is 5.75 Å². The lowest BCUT2D eigenvalue weighted by Crippen LogP contribution is -2.44. The quantitative estimate of drug-likeness (QED) is 0.761. The molecule has 0 aromatic heterocycles. The third kappa shape index (κ3) is 4.09. The second-order valence-electron chi connectivity index (χ2n) is 5.22. The number of carbonyl (C=O) groups excluding carboxylic acids is 1. The summed E-state index contributed by atoms with van der Waals surface area (Å²) >= 11 is 2.25. The molecule has 0 radical (unpaired) electrons. The van der Waals surface area contributed by atoms with Crippen LogP contribution in [0.2, 0.25) is 0 Å². The number of hydrogen-bond acceptors (Lipinski definition) is 2. The van der Waals surface area contributed by atoms with E-state index in [1.54, 1.807) is 0 Å². The number of hydrogen-bond donors (Lipinski definition) is 0. The molecule has 19 heavy (non-hydrogen) atoms. The van der Waals surface area contributed by atoms with Crippen LogP contribution in [-0.4, -0.2) is 30.0 Å². The molecule has 0 saturated carbocycles. The first-order valence-electron chi connectivity index (χ1n) is 6.77. The molecule has 1 unspecified atom stereocenters. The Bertz CT molecular complexity index is 424. The van der Waals surface area contributed by atoms with Gasteiger partial charge in [0.2, 0.25) is 0 Å². The van der Waals surface area contributed by atoms with Gasteiger partial charge in [-0.25, -0.2) is 0 Å². The minimum absolute atomic E-state index is 0.102. The molecule has 104 valence electrons. The fraction of sp³-hybridized carbons (Fsp3) is 0.533. The summed E-state index contributed by atoms with van der Waals surface area (Å²) in [5, 5.41) is 0. The Balaban J connectivity index is 1.90. The van der Waals surface area contributed by atoms with Gasteiger partial charge in [-0.1, -0.05) is 6.92 Å². The summed E-state index contributed by atoms with van der Waals surface area (Å²) in [4.78, 5) is 14.2. The molecule has 0 aliphatic carbocycles. The van der Waals surface area contributed by atoms with Crippen LogP contribution in [0.15, 0.2) is 24.3 Å². The van der Waals surface area contributed by atoms with Gasteiger partial charge in [-0.3, -0.25) is 4.79 Å². The predicted octanol–water partition coefficient (Wildman–Crippen LogP) is 3.32.